The zero-order valence-corrected chi connectivity index (χ0v) is 9.92. The fourth-order valence-corrected chi connectivity index (χ4v) is 1.85. The molecule has 2 atom stereocenters. The van der Waals surface area contributed by atoms with E-state index in [1.165, 1.54) is 11.8 Å². The Labute approximate surface area is 94.0 Å². The van der Waals surface area contributed by atoms with Crippen LogP contribution in [-0.2, 0) is 9.53 Å². The number of rotatable bonds is 7. The molecule has 0 fully saturated rings. The summed E-state index contributed by atoms with van der Waals surface area (Å²) in [6, 6.07) is 0. The van der Waals surface area contributed by atoms with Crippen molar-refractivity contribution < 1.29 is 19.7 Å². The van der Waals surface area contributed by atoms with E-state index in [-0.39, 0.29) is 6.61 Å². The van der Waals surface area contributed by atoms with Crippen molar-refractivity contribution >= 4 is 17.7 Å². The highest BCUT2D eigenvalue weighted by Gasteiger charge is 2.29. The van der Waals surface area contributed by atoms with Crippen molar-refractivity contribution in [3.8, 4) is 0 Å². The van der Waals surface area contributed by atoms with E-state index in [2.05, 4.69) is 0 Å². The Morgan fingerprint density at radius 1 is 1.67 bits per heavy atom. The monoisotopic (exact) mass is 237 g/mol. The van der Waals surface area contributed by atoms with Gasteiger partial charge >= 0.3 is 5.97 Å². The van der Waals surface area contributed by atoms with Crippen LogP contribution in [0.15, 0.2) is 0 Å². The van der Waals surface area contributed by atoms with E-state index in [0.717, 1.165) is 0 Å². The number of aliphatic hydroxyl groups is 2. The predicted octanol–water partition coefficient (Wildman–Crippen LogP) is -0.647. The van der Waals surface area contributed by atoms with E-state index < -0.39 is 17.6 Å². The van der Waals surface area contributed by atoms with Crippen molar-refractivity contribution in [3.05, 3.63) is 0 Å². The summed E-state index contributed by atoms with van der Waals surface area (Å²) in [6.07, 6.45) is -0.770. The molecule has 0 aliphatic rings. The molecule has 0 saturated carbocycles. The van der Waals surface area contributed by atoms with Crippen LogP contribution in [0.2, 0.25) is 0 Å². The summed E-state index contributed by atoms with van der Waals surface area (Å²) >= 11 is 1.31. The number of carbonyl (C=O) groups excluding carboxylic acids is 1. The third kappa shape index (κ3) is 5.99. The van der Waals surface area contributed by atoms with E-state index in [4.69, 9.17) is 20.7 Å². The van der Waals surface area contributed by atoms with Gasteiger partial charge in [-0.1, -0.05) is 0 Å². The van der Waals surface area contributed by atoms with Crippen molar-refractivity contribution in [3.63, 3.8) is 0 Å². The Hall–Kier alpha value is -0.300. The Kier molecular flexibility index (Phi) is 6.91. The minimum atomic E-state index is -1.05. The SMILES string of the molecule is CCOC(=O)C(C)(N)CSCC(O)CO. The number of esters is 1. The minimum absolute atomic E-state index is 0.284. The Morgan fingerprint density at radius 2 is 2.27 bits per heavy atom. The van der Waals surface area contributed by atoms with Crippen LogP contribution in [0, 0.1) is 0 Å². The molecule has 6 heteroatoms. The molecule has 0 aromatic heterocycles. The highest BCUT2D eigenvalue weighted by Crippen LogP contribution is 2.13. The summed E-state index contributed by atoms with van der Waals surface area (Å²) in [5.41, 5.74) is 4.69. The maximum Gasteiger partial charge on any atom is 0.326 e. The number of hydrogen-bond donors (Lipinski definition) is 3. The van der Waals surface area contributed by atoms with E-state index in [9.17, 15) is 4.79 Å². The second kappa shape index (κ2) is 7.05. The van der Waals surface area contributed by atoms with Crippen molar-refractivity contribution in [1.82, 2.24) is 0 Å². The molecule has 0 aromatic rings. The van der Waals surface area contributed by atoms with Gasteiger partial charge in [-0.15, -0.1) is 0 Å². The topological polar surface area (TPSA) is 92.8 Å². The summed E-state index contributed by atoms with van der Waals surface area (Å²) in [5, 5.41) is 17.6. The van der Waals surface area contributed by atoms with E-state index >= 15 is 0 Å². The second-order valence-corrected chi connectivity index (χ2v) is 4.52. The van der Waals surface area contributed by atoms with Crippen molar-refractivity contribution in [2.24, 2.45) is 5.73 Å². The van der Waals surface area contributed by atoms with Crippen LogP contribution in [-0.4, -0.2) is 52.5 Å². The number of nitrogens with two attached hydrogens (primary N) is 1. The number of thioether (sulfide) groups is 1. The first-order chi connectivity index (χ1) is 6.94. The van der Waals surface area contributed by atoms with Gasteiger partial charge in [-0.3, -0.25) is 4.79 Å². The smallest absolute Gasteiger partial charge is 0.326 e. The molecule has 0 heterocycles. The Morgan fingerprint density at radius 3 is 2.73 bits per heavy atom. The number of aliphatic hydroxyl groups excluding tert-OH is 2. The van der Waals surface area contributed by atoms with Crippen LogP contribution in [0.5, 0.6) is 0 Å². The average Bonchev–Trinajstić information content (AvgIpc) is 2.17. The molecule has 0 amide bonds. The fraction of sp³-hybridized carbons (Fsp3) is 0.889. The van der Waals surface area contributed by atoms with Gasteiger partial charge in [0.05, 0.1) is 19.3 Å². The van der Waals surface area contributed by atoms with Crippen LogP contribution in [0.25, 0.3) is 0 Å². The molecule has 0 aromatic carbocycles. The molecule has 0 spiro atoms. The first-order valence-electron chi connectivity index (χ1n) is 4.76. The van der Waals surface area contributed by atoms with Gasteiger partial charge in [-0.2, -0.15) is 11.8 Å². The molecular formula is C9H19NO4S. The summed E-state index contributed by atoms with van der Waals surface area (Å²) in [4.78, 5) is 11.3. The highest BCUT2D eigenvalue weighted by atomic mass is 32.2. The van der Waals surface area contributed by atoms with Crippen molar-refractivity contribution in [1.29, 1.82) is 0 Å². The van der Waals surface area contributed by atoms with Crippen LogP contribution in [0.1, 0.15) is 13.8 Å². The quantitative estimate of drug-likeness (QED) is 0.510. The summed E-state index contributed by atoms with van der Waals surface area (Å²) in [7, 11) is 0. The molecule has 90 valence electrons. The third-order valence-corrected chi connectivity index (χ3v) is 3.09. The molecule has 4 N–H and O–H groups in total. The second-order valence-electron chi connectivity index (χ2n) is 3.49. The molecule has 15 heavy (non-hydrogen) atoms. The van der Waals surface area contributed by atoms with Gasteiger partial charge in [0, 0.05) is 11.5 Å². The number of carbonyl (C=O) groups is 1. The van der Waals surface area contributed by atoms with Crippen LogP contribution < -0.4 is 5.73 Å². The van der Waals surface area contributed by atoms with Crippen LogP contribution >= 0.6 is 11.8 Å². The lowest BCUT2D eigenvalue weighted by atomic mass is 10.1. The molecule has 0 aliphatic carbocycles. The maximum atomic E-state index is 11.3. The van der Waals surface area contributed by atoms with E-state index in [0.29, 0.717) is 18.1 Å². The lowest BCUT2D eigenvalue weighted by Gasteiger charge is -2.22. The average molecular weight is 237 g/mol. The Balaban J connectivity index is 3.87. The van der Waals surface area contributed by atoms with Gasteiger partial charge < -0.3 is 20.7 Å². The third-order valence-electron chi connectivity index (χ3n) is 1.66. The fourth-order valence-electron chi connectivity index (χ4n) is 0.815. The van der Waals surface area contributed by atoms with Gasteiger partial charge in [0.1, 0.15) is 5.54 Å². The molecule has 0 rings (SSSR count). The van der Waals surface area contributed by atoms with E-state index in [1.54, 1.807) is 13.8 Å². The first-order valence-corrected chi connectivity index (χ1v) is 5.92. The molecule has 0 saturated heterocycles. The molecule has 0 bridgehead atoms. The number of hydrogen-bond acceptors (Lipinski definition) is 6. The van der Waals surface area contributed by atoms with Gasteiger partial charge in [0.25, 0.3) is 0 Å². The lowest BCUT2D eigenvalue weighted by Crippen LogP contribution is -2.48. The zero-order valence-electron chi connectivity index (χ0n) is 9.10. The van der Waals surface area contributed by atoms with Crippen molar-refractivity contribution in [2.75, 3.05) is 24.7 Å². The molecular weight excluding hydrogens is 218 g/mol. The molecule has 0 radical (unpaired) electrons. The standard InChI is InChI=1S/C9H19NO4S/c1-3-14-8(13)9(2,10)6-15-5-7(12)4-11/h7,11-12H,3-6,10H2,1-2H3. The van der Waals surface area contributed by atoms with Crippen LogP contribution in [0.4, 0.5) is 0 Å². The van der Waals surface area contributed by atoms with Crippen molar-refractivity contribution in [2.45, 2.75) is 25.5 Å². The summed E-state index contributed by atoms with van der Waals surface area (Å²) < 4.78 is 4.80. The maximum absolute atomic E-state index is 11.3. The number of ether oxygens (including phenoxy) is 1. The van der Waals surface area contributed by atoms with Crippen LogP contribution in [0.3, 0.4) is 0 Å². The molecule has 5 nitrogen and oxygen atoms in total. The van der Waals surface area contributed by atoms with Gasteiger partial charge in [-0.05, 0) is 13.8 Å². The predicted molar refractivity (Wildman–Crippen MR) is 59.6 cm³/mol. The largest absolute Gasteiger partial charge is 0.465 e. The van der Waals surface area contributed by atoms with Gasteiger partial charge in [-0.25, -0.2) is 0 Å². The normalized spacial score (nSPS) is 16.9. The minimum Gasteiger partial charge on any atom is -0.465 e. The summed E-state index contributed by atoms with van der Waals surface area (Å²) in [6.45, 7) is 3.32. The zero-order chi connectivity index (χ0) is 11.9. The Bertz CT molecular complexity index is 199. The first kappa shape index (κ1) is 14.7. The van der Waals surface area contributed by atoms with Gasteiger partial charge in [0.2, 0.25) is 0 Å². The lowest BCUT2D eigenvalue weighted by molar-refractivity contribution is -0.148. The van der Waals surface area contributed by atoms with E-state index in [1.807, 2.05) is 0 Å². The van der Waals surface area contributed by atoms with Gasteiger partial charge in [0.15, 0.2) is 0 Å². The molecule has 0 aliphatic heterocycles. The summed E-state index contributed by atoms with van der Waals surface area (Å²) in [5.74, 6) is 0.252. The molecule has 2 unspecified atom stereocenters. The highest BCUT2D eigenvalue weighted by molar-refractivity contribution is 7.99.